The summed E-state index contributed by atoms with van der Waals surface area (Å²) < 4.78 is 5.18. The molecule has 5 nitrogen and oxygen atoms in total. The Kier molecular flexibility index (Phi) is 7.80. The Balaban J connectivity index is 1.80. The highest BCUT2D eigenvalue weighted by Gasteiger charge is 2.28. The minimum absolute atomic E-state index is 0.331. The molecule has 1 saturated heterocycles. The second-order valence-corrected chi connectivity index (χ2v) is 7.08. The number of piperazine rings is 1. The van der Waals surface area contributed by atoms with E-state index in [-0.39, 0.29) is 0 Å². The average molecular weight is 325 g/mol. The molecule has 0 aromatic rings. The lowest BCUT2D eigenvalue weighted by Gasteiger charge is -2.41. The monoisotopic (exact) mass is 325 g/mol. The van der Waals surface area contributed by atoms with Crippen molar-refractivity contribution in [1.82, 2.24) is 14.7 Å². The molecule has 1 saturated carbocycles. The fourth-order valence-electron chi connectivity index (χ4n) is 4.07. The Hall–Kier alpha value is -0.650. The third kappa shape index (κ3) is 5.44. The first kappa shape index (κ1) is 18.7. The van der Waals surface area contributed by atoms with E-state index in [0.29, 0.717) is 24.5 Å². The highest BCUT2D eigenvalue weighted by Crippen LogP contribution is 2.23. The van der Waals surface area contributed by atoms with Crippen LogP contribution in [-0.2, 0) is 9.53 Å². The Bertz CT molecular complexity index is 358. The molecular weight excluding hydrogens is 290 g/mol. The number of hydrogen-bond acceptors (Lipinski definition) is 4. The Morgan fingerprint density at radius 1 is 1.22 bits per heavy atom. The molecule has 2 aliphatic rings. The highest BCUT2D eigenvalue weighted by atomic mass is 16.5. The minimum atomic E-state index is 0.331. The number of rotatable bonds is 7. The van der Waals surface area contributed by atoms with Gasteiger partial charge >= 0.3 is 0 Å². The van der Waals surface area contributed by atoms with E-state index in [1.165, 1.54) is 32.1 Å². The number of carbonyl (C=O) groups is 1. The molecule has 2 fully saturated rings. The summed E-state index contributed by atoms with van der Waals surface area (Å²) >= 11 is 0. The van der Waals surface area contributed by atoms with Crippen LogP contribution in [0.3, 0.4) is 0 Å². The molecule has 1 aliphatic carbocycles. The van der Waals surface area contributed by atoms with Crippen LogP contribution < -0.4 is 0 Å². The van der Waals surface area contributed by atoms with Crippen molar-refractivity contribution in [3.63, 3.8) is 0 Å². The van der Waals surface area contributed by atoms with E-state index in [4.69, 9.17) is 4.74 Å². The quantitative estimate of drug-likeness (QED) is 0.715. The van der Waals surface area contributed by atoms with Crippen LogP contribution in [0.25, 0.3) is 0 Å². The van der Waals surface area contributed by atoms with E-state index in [9.17, 15) is 4.79 Å². The molecule has 1 unspecified atom stereocenters. The van der Waals surface area contributed by atoms with Gasteiger partial charge in [0.05, 0.1) is 13.2 Å². The van der Waals surface area contributed by atoms with Gasteiger partial charge in [-0.15, -0.1) is 0 Å². The molecule has 1 heterocycles. The summed E-state index contributed by atoms with van der Waals surface area (Å²) in [6.07, 6.45) is 6.29. The predicted octanol–water partition coefficient (Wildman–Crippen LogP) is 1.82. The number of nitrogens with zero attached hydrogens (tertiary/aromatic N) is 3. The van der Waals surface area contributed by atoms with Gasteiger partial charge in [0.1, 0.15) is 0 Å². The van der Waals surface area contributed by atoms with Crippen LogP contribution >= 0.6 is 0 Å². The van der Waals surface area contributed by atoms with E-state index in [0.717, 1.165) is 39.3 Å². The Labute approximate surface area is 141 Å². The van der Waals surface area contributed by atoms with E-state index in [1.54, 1.807) is 7.11 Å². The lowest BCUT2D eigenvalue weighted by atomic mass is 9.94. The average Bonchev–Trinajstić information content (AvgIpc) is 2.56. The number of carbonyl (C=O) groups excluding carboxylic acids is 1. The fourth-order valence-corrected chi connectivity index (χ4v) is 4.07. The largest absolute Gasteiger partial charge is 0.383 e. The van der Waals surface area contributed by atoms with Gasteiger partial charge in [0.25, 0.3) is 0 Å². The summed E-state index contributed by atoms with van der Waals surface area (Å²) in [7, 11) is 1.75. The lowest BCUT2D eigenvalue weighted by Crippen LogP contribution is -2.55. The van der Waals surface area contributed by atoms with Crippen LogP contribution in [0, 0.1) is 0 Å². The zero-order chi connectivity index (χ0) is 16.7. The lowest BCUT2D eigenvalue weighted by molar-refractivity contribution is -0.136. The van der Waals surface area contributed by atoms with E-state index in [2.05, 4.69) is 28.5 Å². The minimum Gasteiger partial charge on any atom is -0.383 e. The smallest absolute Gasteiger partial charge is 0.236 e. The number of amides is 1. The molecule has 5 heteroatoms. The second-order valence-electron chi connectivity index (χ2n) is 7.08. The third-order valence-electron chi connectivity index (χ3n) is 5.47. The highest BCUT2D eigenvalue weighted by molar-refractivity contribution is 5.78. The molecule has 1 aliphatic heterocycles. The maximum Gasteiger partial charge on any atom is 0.236 e. The Morgan fingerprint density at radius 3 is 2.57 bits per heavy atom. The molecule has 0 aromatic heterocycles. The standard InChI is InChI=1S/C18H35N3O2/c1-4-21(17-8-6-5-7-9-17)18(22)15-19-10-11-20(12-13-23-3)16(2)14-19/h16-17H,4-15H2,1-3H3. The summed E-state index contributed by atoms with van der Waals surface area (Å²) in [5.74, 6) is 0.331. The van der Waals surface area contributed by atoms with Gasteiger partial charge in [-0.3, -0.25) is 14.6 Å². The maximum atomic E-state index is 12.8. The van der Waals surface area contributed by atoms with Gasteiger partial charge in [-0.2, -0.15) is 0 Å². The van der Waals surface area contributed by atoms with Crippen LogP contribution in [0.1, 0.15) is 46.0 Å². The van der Waals surface area contributed by atoms with Crippen LogP contribution in [0.2, 0.25) is 0 Å². The number of methoxy groups -OCH3 is 1. The van der Waals surface area contributed by atoms with E-state index < -0.39 is 0 Å². The van der Waals surface area contributed by atoms with Crippen molar-refractivity contribution in [3.8, 4) is 0 Å². The van der Waals surface area contributed by atoms with Crippen LogP contribution in [0.15, 0.2) is 0 Å². The van der Waals surface area contributed by atoms with Gasteiger partial charge in [0.15, 0.2) is 0 Å². The van der Waals surface area contributed by atoms with Gasteiger partial charge < -0.3 is 9.64 Å². The fraction of sp³-hybridized carbons (Fsp3) is 0.944. The van der Waals surface area contributed by atoms with Crippen LogP contribution in [0.4, 0.5) is 0 Å². The van der Waals surface area contributed by atoms with Gasteiger partial charge in [-0.25, -0.2) is 0 Å². The molecule has 0 spiro atoms. The summed E-state index contributed by atoms with van der Waals surface area (Å²) in [6.45, 7) is 10.6. The molecule has 23 heavy (non-hydrogen) atoms. The van der Waals surface area contributed by atoms with Crippen molar-refractivity contribution in [1.29, 1.82) is 0 Å². The van der Waals surface area contributed by atoms with Gasteiger partial charge in [0.2, 0.25) is 5.91 Å². The van der Waals surface area contributed by atoms with Crippen molar-refractivity contribution >= 4 is 5.91 Å². The normalized spacial score (nSPS) is 24.7. The first-order valence-corrected chi connectivity index (χ1v) is 9.40. The molecule has 0 aromatic carbocycles. The zero-order valence-corrected chi connectivity index (χ0v) is 15.3. The maximum absolute atomic E-state index is 12.8. The van der Waals surface area contributed by atoms with Crippen molar-refractivity contribution in [2.75, 3.05) is 53.0 Å². The predicted molar refractivity (Wildman–Crippen MR) is 93.6 cm³/mol. The molecule has 1 amide bonds. The summed E-state index contributed by atoms with van der Waals surface area (Å²) in [5.41, 5.74) is 0. The molecule has 0 radical (unpaired) electrons. The van der Waals surface area contributed by atoms with Crippen molar-refractivity contribution in [3.05, 3.63) is 0 Å². The summed E-state index contributed by atoms with van der Waals surface area (Å²) in [5, 5.41) is 0. The first-order chi connectivity index (χ1) is 11.2. The van der Waals surface area contributed by atoms with Crippen molar-refractivity contribution in [2.45, 2.75) is 58.0 Å². The van der Waals surface area contributed by atoms with Crippen LogP contribution in [-0.4, -0.2) is 85.7 Å². The molecule has 0 N–H and O–H groups in total. The molecule has 0 bridgehead atoms. The first-order valence-electron chi connectivity index (χ1n) is 9.40. The van der Waals surface area contributed by atoms with E-state index >= 15 is 0 Å². The topological polar surface area (TPSA) is 36.0 Å². The van der Waals surface area contributed by atoms with Gasteiger partial charge in [-0.05, 0) is 26.7 Å². The summed E-state index contributed by atoms with van der Waals surface area (Å²) in [6, 6.07) is 0.984. The van der Waals surface area contributed by atoms with Gasteiger partial charge in [0, 0.05) is 51.9 Å². The molecule has 2 rings (SSSR count). The third-order valence-corrected chi connectivity index (χ3v) is 5.47. The summed E-state index contributed by atoms with van der Waals surface area (Å²) in [4.78, 5) is 19.7. The SMILES string of the molecule is CCN(C(=O)CN1CCN(CCOC)C(C)C1)C1CCCCC1. The second kappa shape index (κ2) is 9.60. The van der Waals surface area contributed by atoms with Crippen molar-refractivity contribution in [2.24, 2.45) is 0 Å². The number of ether oxygens (including phenoxy) is 1. The number of hydrogen-bond donors (Lipinski definition) is 0. The zero-order valence-electron chi connectivity index (χ0n) is 15.3. The van der Waals surface area contributed by atoms with Crippen molar-refractivity contribution < 1.29 is 9.53 Å². The molecule has 134 valence electrons. The van der Waals surface area contributed by atoms with Gasteiger partial charge in [-0.1, -0.05) is 19.3 Å². The van der Waals surface area contributed by atoms with Crippen LogP contribution in [0.5, 0.6) is 0 Å². The number of likely N-dealkylation sites (N-methyl/N-ethyl adjacent to an activating group) is 1. The Morgan fingerprint density at radius 2 is 1.96 bits per heavy atom. The molecular formula is C18H35N3O2. The molecule has 1 atom stereocenters. The van der Waals surface area contributed by atoms with E-state index in [1.807, 2.05) is 0 Å².